The predicted octanol–water partition coefficient (Wildman–Crippen LogP) is 5.24. The zero-order valence-electron chi connectivity index (χ0n) is 17.7. The van der Waals surface area contributed by atoms with Crippen LogP contribution < -0.4 is 0 Å². The van der Waals surface area contributed by atoms with Crippen molar-refractivity contribution >= 4 is 28.8 Å². The van der Waals surface area contributed by atoms with E-state index in [1.807, 2.05) is 64.1 Å². The average Bonchev–Trinajstić information content (AvgIpc) is 2.64. The molecule has 0 radical (unpaired) electrons. The van der Waals surface area contributed by atoms with Gasteiger partial charge in [-0.2, -0.15) is 0 Å². The number of hydrogen-bond donors (Lipinski definition) is 1. The molecule has 3 atom stereocenters. The van der Waals surface area contributed by atoms with Crippen LogP contribution >= 0.6 is 0 Å². The van der Waals surface area contributed by atoms with Crippen LogP contribution in [0.3, 0.4) is 0 Å². The van der Waals surface area contributed by atoms with Crippen molar-refractivity contribution in [3.05, 3.63) is 53.6 Å². The maximum atomic E-state index is 11.2. The van der Waals surface area contributed by atoms with E-state index in [0.717, 1.165) is 21.9 Å². The molecule has 2 rings (SSSR count). The number of carboxylic acids is 1. The lowest BCUT2D eigenvalue weighted by atomic mass is 10.0. The minimum atomic E-state index is -0.926. The molecule has 0 saturated heterocycles. The van der Waals surface area contributed by atoms with Gasteiger partial charge in [0.2, 0.25) is 0 Å². The normalized spacial score (nSPS) is 14.8. The molecule has 0 aliphatic carbocycles. The van der Waals surface area contributed by atoms with Crippen molar-refractivity contribution in [1.29, 1.82) is 0 Å². The third kappa shape index (κ3) is 6.71. The molecule has 2 aromatic rings. The minimum Gasteiger partial charge on any atom is -0.479 e. The topological polar surface area (TPSA) is 72.8 Å². The Labute approximate surface area is 172 Å². The molecular weight excluding hydrogens is 368 g/mol. The van der Waals surface area contributed by atoms with E-state index in [9.17, 15) is 14.7 Å². The fraction of sp³-hybridized carbons (Fsp3) is 0.417. The van der Waals surface area contributed by atoms with Crippen molar-refractivity contribution in [2.75, 3.05) is 6.61 Å². The number of ether oxygens (including phenoxy) is 2. The summed E-state index contributed by atoms with van der Waals surface area (Å²) >= 11 is 0. The van der Waals surface area contributed by atoms with Gasteiger partial charge in [0.25, 0.3) is 0 Å². The van der Waals surface area contributed by atoms with Gasteiger partial charge in [0.15, 0.2) is 6.10 Å². The van der Waals surface area contributed by atoms with Crippen molar-refractivity contribution in [2.24, 2.45) is 11.8 Å². The number of aliphatic carboxylic acids is 1. The molecule has 0 bridgehead atoms. The lowest BCUT2D eigenvalue weighted by molar-refractivity contribution is -0.154. The Kier molecular flexibility index (Phi) is 7.97. The van der Waals surface area contributed by atoms with E-state index < -0.39 is 12.1 Å². The molecule has 156 valence electrons. The second-order valence-corrected chi connectivity index (χ2v) is 7.79. The van der Waals surface area contributed by atoms with Gasteiger partial charge in [-0.3, -0.25) is 4.79 Å². The van der Waals surface area contributed by atoms with E-state index in [1.165, 1.54) is 6.92 Å². The summed E-state index contributed by atoms with van der Waals surface area (Å²) in [6.07, 6.45) is 2.95. The molecule has 0 aliphatic rings. The van der Waals surface area contributed by atoms with Gasteiger partial charge in [-0.05, 0) is 52.8 Å². The van der Waals surface area contributed by atoms with E-state index in [-0.39, 0.29) is 23.9 Å². The van der Waals surface area contributed by atoms with Gasteiger partial charge in [-0.1, -0.05) is 57.2 Å². The molecule has 1 N–H and O–H groups in total. The zero-order valence-corrected chi connectivity index (χ0v) is 17.7. The van der Waals surface area contributed by atoms with Gasteiger partial charge in [-0.15, -0.1) is 0 Å². The van der Waals surface area contributed by atoms with E-state index in [2.05, 4.69) is 12.1 Å². The van der Waals surface area contributed by atoms with Gasteiger partial charge in [0, 0.05) is 6.92 Å². The number of carbonyl (C=O) groups is 2. The molecule has 29 heavy (non-hydrogen) atoms. The Hall–Kier alpha value is -2.66. The van der Waals surface area contributed by atoms with Crippen LogP contribution in [0.15, 0.2) is 42.5 Å². The molecule has 1 unspecified atom stereocenters. The molecule has 0 heterocycles. The van der Waals surface area contributed by atoms with Gasteiger partial charge in [-0.25, -0.2) is 4.79 Å². The molecule has 0 spiro atoms. The molecule has 0 aliphatic heterocycles. The maximum Gasteiger partial charge on any atom is 0.333 e. The summed E-state index contributed by atoms with van der Waals surface area (Å²) in [5, 5.41) is 11.4. The highest BCUT2D eigenvalue weighted by molar-refractivity contribution is 5.85. The standard InChI is InChI=1S/C24H30O5/c1-15(2)23(24(26)27)28-14-16(3)6-7-19-8-9-20-10-11-21(13-22(20)12-19)17(4)29-18(5)25/h6-13,15-17,23H,14H2,1-5H3,(H,26,27)/t16?,17-,23+/m1/s1. The molecule has 5 heteroatoms. The van der Waals surface area contributed by atoms with Crippen LogP contribution in [0, 0.1) is 11.8 Å². The van der Waals surface area contributed by atoms with Gasteiger partial charge in [0.05, 0.1) is 6.61 Å². The first-order chi connectivity index (χ1) is 13.7. The number of esters is 1. The highest BCUT2D eigenvalue weighted by Crippen LogP contribution is 2.24. The highest BCUT2D eigenvalue weighted by Gasteiger charge is 2.22. The summed E-state index contributed by atoms with van der Waals surface area (Å²) in [5.41, 5.74) is 1.99. The SMILES string of the molecule is CC(=O)O[C@H](C)c1ccc2ccc(C=CC(C)CO[C@H](C(=O)O)C(C)C)cc2c1. The quantitative estimate of drug-likeness (QED) is 0.585. The van der Waals surface area contributed by atoms with Gasteiger partial charge >= 0.3 is 11.9 Å². The Morgan fingerprint density at radius 3 is 2.34 bits per heavy atom. The summed E-state index contributed by atoms with van der Waals surface area (Å²) in [5.74, 6) is -1.22. The maximum absolute atomic E-state index is 11.2. The average molecular weight is 398 g/mol. The fourth-order valence-electron chi connectivity index (χ4n) is 3.09. The predicted molar refractivity (Wildman–Crippen MR) is 115 cm³/mol. The van der Waals surface area contributed by atoms with E-state index in [1.54, 1.807) is 0 Å². The van der Waals surface area contributed by atoms with Crippen molar-refractivity contribution in [2.45, 2.75) is 46.8 Å². The first-order valence-electron chi connectivity index (χ1n) is 9.91. The first-order valence-corrected chi connectivity index (χ1v) is 9.91. The monoisotopic (exact) mass is 398 g/mol. The third-order valence-electron chi connectivity index (χ3n) is 4.71. The number of benzene rings is 2. The largest absolute Gasteiger partial charge is 0.479 e. The number of carbonyl (C=O) groups excluding carboxylic acids is 1. The number of rotatable bonds is 9. The number of fused-ring (bicyclic) bond motifs is 1. The Morgan fingerprint density at radius 2 is 1.72 bits per heavy atom. The summed E-state index contributed by atoms with van der Waals surface area (Å²) in [6.45, 7) is 9.29. The highest BCUT2D eigenvalue weighted by atomic mass is 16.5. The van der Waals surface area contributed by atoms with E-state index in [4.69, 9.17) is 9.47 Å². The fourth-order valence-corrected chi connectivity index (χ4v) is 3.09. The summed E-state index contributed by atoms with van der Waals surface area (Å²) in [7, 11) is 0. The number of carboxylic acid groups (broad SMARTS) is 1. The molecule has 5 nitrogen and oxygen atoms in total. The zero-order chi connectivity index (χ0) is 21.6. The smallest absolute Gasteiger partial charge is 0.333 e. The van der Waals surface area contributed by atoms with E-state index in [0.29, 0.717) is 6.61 Å². The Bertz CT molecular complexity index is 884. The second-order valence-electron chi connectivity index (χ2n) is 7.79. The molecule has 0 fully saturated rings. The molecule has 2 aromatic carbocycles. The van der Waals surface area contributed by atoms with Gasteiger partial charge < -0.3 is 14.6 Å². The van der Waals surface area contributed by atoms with E-state index >= 15 is 0 Å². The summed E-state index contributed by atoms with van der Waals surface area (Å²) < 4.78 is 10.8. The molecule has 0 saturated carbocycles. The van der Waals surface area contributed by atoms with Gasteiger partial charge in [0.1, 0.15) is 6.10 Å². The summed E-state index contributed by atoms with van der Waals surface area (Å²) in [4.78, 5) is 22.4. The third-order valence-corrected chi connectivity index (χ3v) is 4.71. The van der Waals surface area contributed by atoms with Crippen LogP contribution in [-0.2, 0) is 19.1 Å². The summed E-state index contributed by atoms with van der Waals surface area (Å²) in [6, 6.07) is 12.2. The first kappa shape index (κ1) is 22.6. The van der Waals surface area contributed by atoms with Crippen molar-refractivity contribution < 1.29 is 24.2 Å². The second kappa shape index (κ2) is 10.2. The lowest BCUT2D eigenvalue weighted by Crippen LogP contribution is -2.30. The Morgan fingerprint density at radius 1 is 1.03 bits per heavy atom. The van der Waals surface area contributed by atoms with Crippen molar-refractivity contribution in [3.8, 4) is 0 Å². The minimum absolute atomic E-state index is 0.0762. The number of hydrogen-bond acceptors (Lipinski definition) is 4. The Balaban J connectivity index is 2.08. The lowest BCUT2D eigenvalue weighted by Gasteiger charge is -2.18. The van der Waals surface area contributed by atoms with Crippen molar-refractivity contribution in [1.82, 2.24) is 0 Å². The van der Waals surface area contributed by atoms with Crippen LogP contribution in [0.1, 0.15) is 51.8 Å². The van der Waals surface area contributed by atoms with Crippen molar-refractivity contribution in [3.63, 3.8) is 0 Å². The molecule has 0 amide bonds. The van der Waals surface area contributed by atoms with Crippen LogP contribution in [-0.4, -0.2) is 29.8 Å². The van der Waals surface area contributed by atoms with Crippen LogP contribution in [0.5, 0.6) is 0 Å². The van der Waals surface area contributed by atoms with Crippen LogP contribution in [0.4, 0.5) is 0 Å². The molecule has 0 aromatic heterocycles. The van der Waals surface area contributed by atoms with Crippen LogP contribution in [0.2, 0.25) is 0 Å². The van der Waals surface area contributed by atoms with Crippen LogP contribution in [0.25, 0.3) is 16.8 Å². The molecular formula is C24H30O5.